The molecule has 0 fully saturated rings. The Morgan fingerprint density at radius 2 is 1.96 bits per heavy atom. The molecule has 27 heavy (non-hydrogen) atoms. The summed E-state index contributed by atoms with van der Waals surface area (Å²) in [5.41, 5.74) is 7.39. The van der Waals surface area contributed by atoms with Crippen molar-refractivity contribution in [3.05, 3.63) is 74.4 Å². The average molecular weight is 383 g/mol. The molecule has 0 spiro atoms. The molecule has 2 aromatic carbocycles. The van der Waals surface area contributed by atoms with Gasteiger partial charge < -0.3 is 11.1 Å². The smallest absolute Gasteiger partial charge is 0.270 e. The molecule has 0 radical (unpaired) electrons. The molecule has 1 aliphatic rings. The molecular formula is C17H11ClN6O3. The van der Waals surface area contributed by atoms with E-state index >= 15 is 0 Å². The van der Waals surface area contributed by atoms with E-state index < -0.39 is 10.8 Å². The molecule has 0 saturated heterocycles. The first-order valence-corrected chi connectivity index (χ1v) is 8.11. The van der Waals surface area contributed by atoms with Crippen molar-refractivity contribution >= 4 is 46.1 Å². The molecule has 0 unspecified atom stereocenters. The molecule has 0 atom stereocenters. The summed E-state index contributed by atoms with van der Waals surface area (Å²) in [7, 11) is 0. The van der Waals surface area contributed by atoms with Crippen molar-refractivity contribution < 1.29 is 9.72 Å². The van der Waals surface area contributed by atoms with Crippen LogP contribution in [0.15, 0.2) is 47.5 Å². The van der Waals surface area contributed by atoms with E-state index in [0.717, 1.165) is 0 Å². The molecule has 1 aliphatic heterocycles. The van der Waals surface area contributed by atoms with Crippen molar-refractivity contribution in [3.63, 3.8) is 0 Å². The summed E-state index contributed by atoms with van der Waals surface area (Å²) < 4.78 is 0. The van der Waals surface area contributed by atoms with Gasteiger partial charge in [0.15, 0.2) is 11.5 Å². The number of carbonyl (C=O) groups excluding carboxylic acids is 1. The molecular weight excluding hydrogens is 372 g/mol. The van der Waals surface area contributed by atoms with Crippen LogP contribution in [0, 0.1) is 10.1 Å². The van der Waals surface area contributed by atoms with Crippen molar-refractivity contribution in [1.29, 1.82) is 0 Å². The van der Waals surface area contributed by atoms with E-state index in [0.29, 0.717) is 27.5 Å². The number of nitro benzene ring substituents is 1. The van der Waals surface area contributed by atoms with Gasteiger partial charge in [-0.1, -0.05) is 29.8 Å². The normalized spacial score (nSPS) is 12.3. The molecule has 0 bridgehead atoms. The van der Waals surface area contributed by atoms with Gasteiger partial charge in [-0.2, -0.15) is 5.10 Å². The summed E-state index contributed by atoms with van der Waals surface area (Å²) in [6.45, 7) is 0. The van der Waals surface area contributed by atoms with Crippen molar-refractivity contribution in [3.8, 4) is 0 Å². The number of non-ortho nitro benzene ring substituents is 1. The lowest BCUT2D eigenvalue weighted by Crippen LogP contribution is -2.12. The number of halogens is 1. The standard InChI is InChI=1S/C17H11ClN6O3/c18-11-4-2-1-3-9(11)13-10-7-8(24(26)27)5-6-12(10)20-17-15(21-13)14(16(19)25)22-23-17/h1-7H,(H2,19,25)(H2,20,22,23). The molecule has 1 aromatic heterocycles. The Hall–Kier alpha value is -3.72. The number of benzene rings is 2. The van der Waals surface area contributed by atoms with Gasteiger partial charge >= 0.3 is 0 Å². The molecule has 0 aliphatic carbocycles. The monoisotopic (exact) mass is 382 g/mol. The van der Waals surface area contributed by atoms with E-state index in [1.54, 1.807) is 30.3 Å². The van der Waals surface area contributed by atoms with E-state index in [4.69, 9.17) is 17.3 Å². The predicted molar refractivity (Wildman–Crippen MR) is 100 cm³/mol. The Bertz CT molecular complexity index is 1140. The number of nitrogens with zero attached hydrogens (tertiary/aromatic N) is 3. The van der Waals surface area contributed by atoms with Gasteiger partial charge in [0.25, 0.3) is 11.6 Å². The van der Waals surface area contributed by atoms with E-state index in [-0.39, 0.29) is 22.9 Å². The van der Waals surface area contributed by atoms with Crippen LogP contribution in [0.5, 0.6) is 0 Å². The molecule has 9 nitrogen and oxygen atoms in total. The fraction of sp³-hybridized carbons (Fsp3) is 0. The Balaban J connectivity index is 2.04. The number of nitro groups is 1. The number of nitrogens with one attached hydrogen (secondary N) is 2. The first-order chi connectivity index (χ1) is 13.0. The number of anilines is 2. The number of aromatic nitrogens is 2. The second kappa shape index (κ2) is 6.22. The average Bonchev–Trinajstić information content (AvgIpc) is 2.96. The van der Waals surface area contributed by atoms with Crippen LogP contribution in [0.4, 0.5) is 22.9 Å². The molecule has 1 amide bonds. The minimum Gasteiger partial charge on any atom is -0.364 e. The largest absolute Gasteiger partial charge is 0.364 e. The van der Waals surface area contributed by atoms with Gasteiger partial charge in [-0.3, -0.25) is 20.0 Å². The van der Waals surface area contributed by atoms with Gasteiger partial charge in [0, 0.05) is 34.0 Å². The van der Waals surface area contributed by atoms with Gasteiger partial charge in [-0.05, 0) is 12.1 Å². The Morgan fingerprint density at radius 3 is 2.67 bits per heavy atom. The summed E-state index contributed by atoms with van der Waals surface area (Å²) in [5.74, 6) is -0.453. The molecule has 134 valence electrons. The Kier molecular flexibility index (Phi) is 3.85. The maximum Gasteiger partial charge on any atom is 0.270 e. The zero-order valence-corrected chi connectivity index (χ0v) is 14.3. The fourth-order valence-electron chi connectivity index (χ4n) is 2.81. The van der Waals surface area contributed by atoms with Gasteiger partial charge in [-0.25, -0.2) is 4.99 Å². The number of aliphatic imine (C=N–C) groups is 1. The number of carbonyl (C=O) groups is 1. The predicted octanol–water partition coefficient (Wildman–Crippen LogP) is 3.30. The van der Waals surface area contributed by atoms with E-state index in [1.165, 1.54) is 12.1 Å². The molecule has 4 rings (SSSR count). The van der Waals surface area contributed by atoms with Gasteiger partial charge in [0.2, 0.25) is 0 Å². The molecule has 3 aromatic rings. The fourth-order valence-corrected chi connectivity index (χ4v) is 3.04. The Labute approximate surface area is 157 Å². The van der Waals surface area contributed by atoms with Crippen LogP contribution in [0.3, 0.4) is 0 Å². The SMILES string of the molecule is NC(=O)c1[nH]nc2c1N=C(c1ccccc1Cl)c1cc([N+](=O)[O-])ccc1N2. The lowest BCUT2D eigenvalue weighted by atomic mass is 10.00. The summed E-state index contributed by atoms with van der Waals surface area (Å²) in [4.78, 5) is 27.0. The van der Waals surface area contributed by atoms with Gasteiger partial charge in [0.05, 0.1) is 10.6 Å². The van der Waals surface area contributed by atoms with Crippen LogP contribution < -0.4 is 11.1 Å². The van der Waals surface area contributed by atoms with E-state index in [2.05, 4.69) is 20.5 Å². The van der Waals surface area contributed by atoms with Crippen LogP contribution in [0.1, 0.15) is 21.6 Å². The van der Waals surface area contributed by atoms with Crippen LogP contribution in [-0.2, 0) is 0 Å². The number of fused-ring (bicyclic) bond motifs is 2. The number of rotatable bonds is 3. The summed E-state index contributed by atoms with van der Waals surface area (Å²) in [5, 5.41) is 21.3. The second-order valence-corrected chi connectivity index (χ2v) is 6.12. The van der Waals surface area contributed by atoms with Crippen molar-refractivity contribution in [2.75, 3.05) is 5.32 Å². The zero-order chi connectivity index (χ0) is 19.1. The minimum atomic E-state index is -0.732. The molecule has 10 heteroatoms. The molecule has 4 N–H and O–H groups in total. The van der Waals surface area contributed by atoms with Crippen LogP contribution in [-0.4, -0.2) is 26.7 Å². The summed E-state index contributed by atoms with van der Waals surface area (Å²) >= 11 is 6.33. The highest BCUT2D eigenvalue weighted by molar-refractivity contribution is 6.36. The first-order valence-electron chi connectivity index (χ1n) is 7.73. The number of hydrogen-bond acceptors (Lipinski definition) is 6. The lowest BCUT2D eigenvalue weighted by molar-refractivity contribution is -0.384. The third-order valence-corrected chi connectivity index (χ3v) is 4.39. The maximum absolute atomic E-state index is 11.7. The third kappa shape index (κ3) is 2.79. The minimum absolute atomic E-state index is 0.0179. The number of primary amides is 1. The van der Waals surface area contributed by atoms with Crippen molar-refractivity contribution in [2.45, 2.75) is 0 Å². The Morgan fingerprint density at radius 1 is 1.19 bits per heavy atom. The third-order valence-electron chi connectivity index (χ3n) is 4.06. The first kappa shape index (κ1) is 16.7. The van der Waals surface area contributed by atoms with Crippen molar-refractivity contribution in [2.24, 2.45) is 10.7 Å². The van der Waals surface area contributed by atoms with E-state index in [9.17, 15) is 14.9 Å². The number of aromatic amines is 1. The molecule has 2 heterocycles. The number of nitrogens with two attached hydrogens (primary N) is 1. The quantitative estimate of drug-likeness (QED) is 0.368. The highest BCUT2D eigenvalue weighted by atomic mass is 35.5. The highest BCUT2D eigenvalue weighted by Gasteiger charge is 2.26. The topological polar surface area (TPSA) is 139 Å². The number of hydrogen-bond donors (Lipinski definition) is 3. The van der Waals surface area contributed by atoms with Crippen LogP contribution in [0.25, 0.3) is 0 Å². The summed E-state index contributed by atoms with van der Waals surface area (Å²) in [6.07, 6.45) is 0. The summed E-state index contributed by atoms with van der Waals surface area (Å²) in [6, 6.07) is 11.2. The van der Waals surface area contributed by atoms with Gasteiger partial charge in [0.1, 0.15) is 5.69 Å². The van der Waals surface area contributed by atoms with Gasteiger partial charge in [-0.15, -0.1) is 0 Å². The highest BCUT2D eigenvalue weighted by Crippen LogP contribution is 2.38. The van der Waals surface area contributed by atoms with E-state index in [1.807, 2.05) is 0 Å². The molecule has 0 saturated carbocycles. The zero-order valence-electron chi connectivity index (χ0n) is 13.6. The lowest BCUT2D eigenvalue weighted by Gasteiger charge is -2.11. The van der Waals surface area contributed by atoms with Crippen molar-refractivity contribution in [1.82, 2.24) is 10.2 Å². The number of amides is 1. The van der Waals surface area contributed by atoms with Crippen LogP contribution in [0.2, 0.25) is 5.02 Å². The van der Waals surface area contributed by atoms with Crippen LogP contribution >= 0.6 is 11.6 Å². The maximum atomic E-state index is 11.7. The second-order valence-electron chi connectivity index (χ2n) is 5.71. The number of H-pyrrole nitrogens is 1.